The molecule has 0 spiro atoms. The minimum Gasteiger partial charge on any atom is -0.330 e. The van der Waals surface area contributed by atoms with Crippen molar-refractivity contribution in [3.05, 3.63) is 35.6 Å². The Bertz CT molecular complexity index is 323. The summed E-state index contributed by atoms with van der Waals surface area (Å²) in [4.78, 5) is 0. The highest BCUT2D eigenvalue weighted by molar-refractivity contribution is 5.21. The molecule has 82 valence electrons. The third kappa shape index (κ3) is 3.01. The van der Waals surface area contributed by atoms with Crippen molar-refractivity contribution in [2.24, 2.45) is 5.73 Å². The molecule has 2 rings (SSSR count). The van der Waals surface area contributed by atoms with E-state index in [1.807, 2.05) is 6.07 Å². The average molecular weight is 208 g/mol. The summed E-state index contributed by atoms with van der Waals surface area (Å²) in [6.45, 7) is 1.41. The van der Waals surface area contributed by atoms with Gasteiger partial charge in [-0.3, -0.25) is 0 Å². The highest BCUT2D eigenvalue weighted by atomic mass is 19.1. The van der Waals surface area contributed by atoms with E-state index in [-0.39, 0.29) is 11.7 Å². The third-order valence-electron chi connectivity index (χ3n) is 2.83. The van der Waals surface area contributed by atoms with Gasteiger partial charge in [-0.05, 0) is 30.5 Å². The topological polar surface area (TPSA) is 38.0 Å². The van der Waals surface area contributed by atoms with Crippen LogP contribution in [0.25, 0.3) is 0 Å². The van der Waals surface area contributed by atoms with Gasteiger partial charge in [0.2, 0.25) is 0 Å². The van der Waals surface area contributed by atoms with Crippen LogP contribution in [0.2, 0.25) is 0 Å². The van der Waals surface area contributed by atoms with Gasteiger partial charge in [-0.25, -0.2) is 4.39 Å². The van der Waals surface area contributed by atoms with Gasteiger partial charge >= 0.3 is 0 Å². The summed E-state index contributed by atoms with van der Waals surface area (Å²) >= 11 is 0. The lowest BCUT2D eigenvalue weighted by molar-refractivity contribution is 0.577. The number of nitrogens with two attached hydrogens (primary N) is 1. The Morgan fingerprint density at radius 3 is 2.87 bits per heavy atom. The molecule has 1 atom stereocenters. The summed E-state index contributed by atoms with van der Waals surface area (Å²) in [5.74, 6) is 0.0404. The summed E-state index contributed by atoms with van der Waals surface area (Å²) < 4.78 is 13.0. The van der Waals surface area contributed by atoms with Crippen LogP contribution in [0.3, 0.4) is 0 Å². The van der Waals surface area contributed by atoms with E-state index in [0.29, 0.717) is 12.6 Å². The molecule has 1 unspecified atom stereocenters. The molecule has 3 heteroatoms. The Kier molecular flexibility index (Phi) is 3.34. The quantitative estimate of drug-likeness (QED) is 0.771. The van der Waals surface area contributed by atoms with Crippen molar-refractivity contribution in [2.75, 3.05) is 13.1 Å². The molecule has 1 aliphatic carbocycles. The molecule has 1 aromatic carbocycles. The maximum absolute atomic E-state index is 13.0. The van der Waals surface area contributed by atoms with Gasteiger partial charge < -0.3 is 11.1 Å². The Balaban J connectivity index is 1.97. The first-order valence-electron chi connectivity index (χ1n) is 5.48. The molecule has 0 aromatic heterocycles. The average Bonchev–Trinajstić information content (AvgIpc) is 3.03. The Morgan fingerprint density at radius 2 is 2.27 bits per heavy atom. The van der Waals surface area contributed by atoms with Gasteiger partial charge in [-0.1, -0.05) is 12.1 Å². The second-order valence-corrected chi connectivity index (χ2v) is 4.17. The molecular weight excluding hydrogens is 191 g/mol. The van der Waals surface area contributed by atoms with Crippen molar-refractivity contribution in [1.82, 2.24) is 5.32 Å². The predicted molar refractivity (Wildman–Crippen MR) is 59.2 cm³/mol. The Hall–Kier alpha value is -0.930. The van der Waals surface area contributed by atoms with Crippen LogP contribution < -0.4 is 11.1 Å². The highest BCUT2D eigenvalue weighted by Crippen LogP contribution is 2.21. The van der Waals surface area contributed by atoms with E-state index in [4.69, 9.17) is 5.73 Å². The number of hydrogen-bond donors (Lipinski definition) is 2. The standard InChI is InChI=1S/C12H17FN2/c13-11-3-1-2-9(6-11)10(7-14)8-15-12-4-5-12/h1-3,6,10,12,15H,4-5,7-8,14H2. The number of nitrogens with one attached hydrogen (secondary N) is 1. The van der Waals surface area contributed by atoms with Crippen LogP contribution in [0.15, 0.2) is 24.3 Å². The van der Waals surface area contributed by atoms with Crippen LogP contribution in [0.5, 0.6) is 0 Å². The van der Waals surface area contributed by atoms with Crippen molar-refractivity contribution in [3.8, 4) is 0 Å². The molecule has 0 bridgehead atoms. The molecule has 0 amide bonds. The minimum atomic E-state index is -0.183. The summed E-state index contributed by atoms with van der Waals surface area (Å²) in [6, 6.07) is 7.39. The van der Waals surface area contributed by atoms with Crippen molar-refractivity contribution in [2.45, 2.75) is 24.8 Å². The van der Waals surface area contributed by atoms with Crippen LogP contribution >= 0.6 is 0 Å². The van der Waals surface area contributed by atoms with Gasteiger partial charge in [0.1, 0.15) is 5.82 Å². The molecule has 1 saturated carbocycles. The summed E-state index contributed by atoms with van der Waals surface area (Å²) in [5, 5.41) is 3.42. The van der Waals surface area contributed by atoms with Gasteiger partial charge in [-0.2, -0.15) is 0 Å². The smallest absolute Gasteiger partial charge is 0.123 e. The zero-order valence-corrected chi connectivity index (χ0v) is 8.75. The Labute approximate surface area is 89.7 Å². The van der Waals surface area contributed by atoms with Gasteiger partial charge in [0, 0.05) is 25.0 Å². The van der Waals surface area contributed by atoms with Crippen LogP contribution in [0, 0.1) is 5.82 Å². The number of hydrogen-bond acceptors (Lipinski definition) is 2. The lowest BCUT2D eigenvalue weighted by Gasteiger charge is -2.15. The van der Waals surface area contributed by atoms with Crippen LogP contribution in [0.4, 0.5) is 4.39 Å². The van der Waals surface area contributed by atoms with E-state index < -0.39 is 0 Å². The molecule has 1 aliphatic rings. The maximum Gasteiger partial charge on any atom is 0.123 e. The lowest BCUT2D eigenvalue weighted by Crippen LogP contribution is -2.28. The Morgan fingerprint density at radius 1 is 1.47 bits per heavy atom. The molecule has 15 heavy (non-hydrogen) atoms. The highest BCUT2D eigenvalue weighted by Gasteiger charge is 2.22. The molecule has 3 N–H and O–H groups in total. The van der Waals surface area contributed by atoms with Crippen molar-refractivity contribution in [3.63, 3.8) is 0 Å². The van der Waals surface area contributed by atoms with E-state index in [2.05, 4.69) is 5.32 Å². The van der Waals surface area contributed by atoms with Crippen LogP contribution in [-0.2, 0) is 0 Å². The first-order chi connectivity index (χ1) is 7.29. The maximum atomic E-state index is 13.0. The van der Waals surface area contributed by atoms with Gasteiger partial charge in [0.15, 0.2) is 0 Å². The molecule has 0 aliphatic heterocycles. The molecule has 0 heterocycles. The second kappa shape index (κ2) is 4.73. The lowest BCUT2D eigenvalue weighted by atomic mass is 9.99. The molecule has 0 radical (unpaired) electrons. The number of halogens is 1. The van der Waals surface area contributed by atoms with E-state index in [1.165, 1.54) is 18.9 Å². The first kappa shape index (κ1) is 10.6. The number of rotatable bonds is 5. The second-order valence-electron chi connectivity index (χ2n) is 4.17. The SMILES string of the molecule is NCC(CNC1CC1)c1cccc(F)c1. The zero-order valence-electron chi connectivity index (χ0n) is 8.75. The van der Waals surface area contributed by atoms with E-state index >= 15 is 0 Å². The third-order valence-corrected chi connectivity index (χ3v) is 2.83. The van der Waals surface area contributed by atoms with Gasteiger partial charge in [0.25, 0.3) is 0 Å². The minimum absolute atomic E-state index is 0.183. The number of benzene rings is 1. The molecule has 2 nitrogen and oxygen atoms in total. The normalized spacial score (nSPS) is 17.7. The summed E-state index contributed by atoms with van der Waals surface area (Å²) in [6.07, 6.45) is 2.53. The van der Waals surface area contributed by atoms with Crippen molar-refractivity contribution < 1.29 is 4.39 Å². The van der Waals surface area contributed by atoms with E-state index in [9.17, 15) is 4.39 Å². The van der Waals surface area contributed by atoms with Crippen LogP contribution in [-0.4, -0.2) is 19.1 Å². The van der Waals surface area contributed by atoms with Crippen LogP contribution in [0.1, 0.15) is 24.3 Å². The summed E-state index contributed by atoms with van der Waals surface area (Å²) in [5.41, 5.74) is 6.69. The fourth-order valence-corrected chi connectivity index (χ4v) is 1.69. The fourth-order valence-electron chi connectivity index (χ4n) is 1.69. The molecule has 0 saturated heterocycles. The van der Waals surface area contributed by atoms with E-state index in [0.717, 1.165) is 12.1 Å². The molecule has 1 aromatic rings. The first-order valence-corrected chi connectivity index (χ1v) is 5.48. The van der Waals surface area contributed by atoms with Crippen molar-refractivity contribution >= 4 is 0 Å². The molecule has 1 fully saturated rings. The van der Waals surface area contributed by atoms with Gasteiger partial charge in [0.05, 0.1) is 0 Å². The van der Waals surface area contributed by atoms with E-state index in [1.54, 1.807) is 12.1 Å². The largest absolute Gasteiger partial charge is 0.330 e. The predicted octanol–water partition coefficient (Wildman–Crippen LogP) is 1.62. The molecular formula is C12H17FN2. The summed E-state index contributed by atoms with van der Waals surface area (Å²) in [7, 11) is 0. The monoisotopic (exact) mass is 208 g/mol. The zero-order chi connectivity index (χ0) is 10.7. The van der Waals surface area contributed by atoms with Crippen molar-refractivity contribution in [1.29, 1.82) is 0 Å². The fraction of sp³-hybridized carbons (Fsp3) is 0.500. The van der Waals surface area contributed by atoms with Gasteiger partial charge in [-0.15, -0.1) is 0 Å².